The summed E-state index contributed by atoms with van der Waals surface area (Å²) in [6, 6.07) is 7.50. The van der Waals surface area contributed by atoms with Gasteiger partial charge in [-0.3, -0.25) is 9.78 Å². The van der Waals surface area contributed by atoms with Gasteiger partial charge in [-0.25, -0.2) is 0 Å². The number of aromatic nitrogens is 3. The molecule has 0 unspecified atom stereocenters. The zero-order valence-electron chi connectivity index (χ0n) is 14.3. The molecule has 1 saturated heterocycles. The van der Waals surface area contributed by atoms with E-state index in [9.17, 15) is 4.79 Å². The number of carbonyl (C=O) groups is 1. The van der Waals surface area contributed by atoms with Crippen LogP contribution in [-0.2, 0) is 11.3 Å². The average Bonchev–Trinajstić information content (AvgIpc) is 3.42. The SMILES string of the molecule is CN(Cc1nc(-c2cccnc2)no1)C(=O)c1ccc([C@@H]2CCCO2)s1. The maximum absolute atomic E-state index is 12.6. The van der Waals surface area contributed by atoms with Crippen molar-refractivity contribution < 1.29 is 14.1 Å². The Morgan fingerprint density at radius 1 is 1.38 bits per heavy atom. The molecule has 26 heavy (non-hydrogen) atoms. The summed E-state index contributed by atoms with van der Waals surface area (Å²) in [4.78, 5) is 24.4. The van der Waals surface area contributed by atoms with E-state index in [1.807, 2.05) is 24.3 Å². The first-order valence-electron chi connectivity index (χ1n) is 8.40. The van der Waals surface area contributed by atoms with Crippen molar-refractivity contribution in [1.29, 1.82) is 0 Å². The molecule has 7 nitrogen and oxygen atoms in total. The Kier molecular flexibility index (Phi) is 4.77. The minimum atomic E-state index is -0.0691. The number of pyridine rings is 1. The molecule has 4 rings (SSSR count). The number of amides is 1. The summed E-state index contributed by atoms with van der Waals surface area (Å²) in [5.41, 5.74) is 0.774. The molecule has 0 aromatic carbocycles. The maximum atomic E-state index is 12.6. The van der Waals surface area contributed by atoms with E-state index < -0.39 is 0 Å². The van der Waals surface area contributed by atoms with Crippen molar-refractivity contribution in [3.05, 3.63) is 52.3 Å². The molecule has 1 fully saturated rings. The third-order valence-electron chi connectivity index (χ3n) is 4.19. The Hall–Kier alpha value is -2.58. The molecule has 4 heterocycles. The van der Waals surface area contributed by atoms with Gasteiger partial charge < -0.3 is 14.2 Å². The van der Waals surface area contributed by atoms with Gasteiger partial charge in [-0.2, -0.15) is 4.98 Å². The lowest BCUT2D eigenvalue weighted by Crippen LogP contribution is -2.25. The van der Waals surface area contributed by atoms with E-state index in [1.54, 1.807) is 24.3 Å². The molecule has 0 bridgehead atoms. The van der Waals surface area contributed by atoms with Crippen LogP contribution in [0.1, 0.15) is 39.4 Å². The number of nitrogens with zero attached hydrogens (tertiary/aromatic N) is 4. The van der Waals surface area contributed by atoms with Crippen LogP contribution in [0.5, 0.6) is 0 Å². The number of carbonyl (C=O) groups excluding carboxylic acids is 1. The summed E-state index contributed by atoms with van der Waals surface area (Å²) >= 11 is 1.49. The van der Waals surface area contributed by atoms with Crippen molar-refractivity contribution in [3.8, 4) is 11.4 Å². The second-order valence-corrected chi connectivity index (χ2v) is 7.23. The lowest BCUT2D eigenvalue weighted by molar-refractivity contribution is 0.0774. The fourth-order valence-corrected chi connectivity index (χ4v) is 3.92. The van der Waals surface area contributed by atoms with Gasteiger partial charge in [0.1, 0.15) is 6.54 Å². The van der Waals surface area contributed by atoms with Gasteiger partial charge in [-0.1, -0.05) is 5.16 Å². The van der Waals surface area contributed by atoms with Gasteiger partial charge >= 0.3 is 0 Å². The van der Waals surface area contributed by atoms with Crippen molar-refractivity contribution in [2.24, 2.45) is 0 Å². The molecule has 1 amide bonds. The van der Waals surface area contributed by atoms with Crippen molar-refractivity contribution >= 4 is 17.2 Å². The van der Waals surface area contributed by atoms with Gasteiger partial charge in [-0.15, -0.1) is 11.3 Å². The van der Waals surface area contributed by atoms with E-state index in [-0.39, 0.29) is 18.6 Å². The predicted octanol–water partition coefficient (Wildman–Crippen LogP) is 3.32. The lowest BCUT2D eigenvalue weighted by Gasteiger charge is -2.13. The Bertz CT molecular complexity index is 887. The quantitative estimate of drug-likeness (QED) is 0.685. The third-order valence-corrected chi connectivity index (χ3v) is 5.36. The van der Waals surface area contributed by atoms with Crippen molar-refractivity contribution in [1.82, 2.24) is 20.0 Å². The summed E-state index contributed by atoms with van der Waals surface area (Å²) in [5, 5.41) is 3.95. The molecule has 1 aliphatic heterocycles. The average molecular weight is 370 g/mol. The van der Waals surface area contributed by atoms with Crippen LogP contribution < -0.4 is 0 Å². The van der Waals surface area contributed by atoms with Gasteiger partial charge in [0.25, 0.3) is 5.91 Å². The van der Waals surface area contributed by atoms with Crippen molar-refractivity contribution in [2.75, 3.05) is 13.7 Å². The number of rotatable bonds is 5. The van der Waals surface area contributed by atoms with Gasteiger partial charge in [0.15, 0.2) is 0 Å². The van der Waals surface area contributed by atoms with E-state index in [0.717, 1.165) is 29.9 Å². The van der Waals surface area contributed by atoms with Crippen LogP contribution in [0, 0.1) is 0 Å². The van der Waals surface area contributed by atoms with E-state index in [0.29, 0.717) is 16.6 Å². The number of hydrogen-bond acceptors (Lipinski definition) is 7. The monoisotopic (exact) mass is 370 g/mol. The molecule has 0 spiro atoms. The van der Waals surface area contributed by atoms with Crippen molar-refractivity contribution in [3.63, 3.8) is 0 Å². The van der Waals surface area contributed by atoms with Crippen LogP contribution >= 0.6 is 11.3 Å². The molecular formula is C18H18N4O3S. The molecular weight excluding hydrogens is 352 g/mol. The minimum absolute atomic E-state index is 0.0691. The first-order valence-corrected chi connectivity index (χ1v) is 9.22. The normalized spacial score (nSPS) is 16.7. The summed E-state index contributed by atoms with van der Waals surface area (Å²) in [7, 11) is 1.72. The van der Waals surface area contributed by atoms with Crippen molar-refractivity contribution in [2.45, 2.75) is 25.5 Å². The fraction of sp³-hybridized carbons (Fsp3) is 0.333. The number of ether oxygens (including phenoxy) is 1. The largest absolute Gasteiger partial charge is 0.373 e. The predicted molar refractivity (Wildman–Crippen MR) is 95.6 cm³/mol. The third kappa shape index (κ3) is 3.51. The first kappa shape index (κ1) is 16.9. The second kappa shape index (κ2) is 7.35. The molecule has 3 aromatic rings. The smallest absolute Gasteiger partial charge is 0.264 e. The lowest BCUT2D eigenvalue weighted by atomic mass is 10.2. The first-order chi connectivity index (χ1) is 12.7. The molecule has 0 N–H and O–H groups in total. The van der Waals surface area contributed by atoms with Gasteiger partial charge in [-0.05, 0) is 37.1 Å². The van der Waals surface area contributed by atoms with Gasteiger partial charge in [0.05, 0.1) is 11.0 Å². The zero-order chi connectivity index (χ0) is 17.9. The van der Waals surface area contributed by atoms with Crippen LogP contribution in [0.4, 0.5) is 0 Å². The Morgan fingerprint density at radius 2 is 2.31 bits per heavy atom. The molecule has 8 heteroatoms. The highest BCUT2D eigenvalue weighted by Crippen LogP contribution is 2.33. The van der Waals surface area contributed by atoms with Crippen LogP contribution in [0.2, 0.25) is 0 Å². The minimum Gasteiger partial charge on any atom is -0.373 e. The van der Waals surface area contributed by atoms with E-state index in [1.165, 1.54) is 11.3 Å². The topological polar surface area (TPSA) is 81.4 Å². The van der Waals surface area contributed by atoms with Gasteiger partial charge in [0, 0.05) is 36.5 Å². The summed E-state index contributed by atoms with van der Waals surface area (Å²) in [6.07, 6.45) is 5.57. The van der Waals surface area contributed by atoms with Crippen LogP contribution in [0.3, 0.4) is 0 Å². The highest BCUT2D eigenvalue weighted by molar-refractivity contribution is 7.14. The Morgan fingerprint density at radius 3 is 3.08 bits per heavy atom. The Labute approximate surface area is 154 Å². The van der Waals surface area contributed by atoms with Crippen LogP contribution in [0.25, 0.3) is 11.4 Å². The number of thiophene rings is 1. The molecule has 0 saturated carbocycles. The molecule has 0 aliphatic carbocycles. The summed E-state index contributed by atoms with van der Waals surface area (Å²) < 4.78 is 10.9. The molecule has 1 atom stereocenters. The van der Waals surface area contributed by atoms with Gasteiger partial charge in [0.2, 0.25) is 11.7 Å². The zero-order valence-corrected chi connectivity index (χ0v) is 15.1. The van der Waals surface area contributed by atoms with Crippen LogP contribution in [0.15, 0.2) is 41.2 Å². The summed E-state index contributed by atoms with van der Waals surface area (Å²) in [6.45, 7) is 1.04. The van der Waals surface area contributed by atoms with E-state index in [4.69, 9.17) is 9.26 Å². The van der Waals surface area contributed by atoms with E-state index in [2.05, 4.69) is 15.1 Å². The maximum Gasteiger partial charge on any atom is 0.264 e. The molecule has 0 radical (unpaired) electrons. The van der Waals surface area contributed by atoms with E-state index >= 15 is 0 Å². The molecule has 1 aliphatic rings. The van der Waals surface area contributed by atoms with Crippen LogP contribution in [-0.4, -0.2) is 39.6 Å². The highest BCUT2D eigenvalue weighted by Gasteiger charge is 2.23. The fourth-order valence-electron chi connectivity index (χ4n) is 2.84. The summed E-state index contributed by atoms with van der Waals surface area (Å²) in [5.74, 6) is 0.779. The number of hydrogen-bond donors (Lipinski definition) is 0. The Balaban J connectivity index is 1.42. The highest BCUT2D eigenvalue weighted by atomic mass is 32.1. The molecule has 134 valence electrons. The standard InChI is InChI=1S/C18H18N4O3S/c1-22(11-16-20-17(21-25-16)12-4-2-8-19-10-12)18(23)15-7-6-14(26-15)13-5-3-9-24-13/h2,4,6-8,10,13H,3,5,9,11H2,1H3/t13-/m0/s1. The molecule has 3 aromatic heterocycles. The second-order valence-electron chi connectivity index (χ2n) is 6.12.